The van der Waals surface area contributed by atoms with Crippen LogP contribution in [0, 0.1) is 0 Å². The van der Waals surface area contributed by atoms with Gasteiger partial charge in [0.25, 0.3) is 0 Å². The predicted octanol–water partition coefficient (Wildman–Crippen LogP) is 2.64. The van der Waals surface area contributed by atoms with Gasteiger partial charge in [-0.25, -0.2) is 0 Å². The summed E-state index contributed by atoms with van der Waals surface area (Å²) in [5.74, 6) is 0.588. The molecular weight excluding hydrogens is 262 g/mol. The molecule has 2 N–H and O–H groups in total. The van der Waals surface area contributed by atoms with E-state index >= 15 is 0 Å². The molecule has 1 aliphatic rings. The summed E-state index contributed by atoms with van der Waals surface area (Å²) in [4.78, 5) is 2.53. The zero-order valence-electron chi connectivity index (χ0n) is 13.0. The van der Waals surface area contributed by atoms with Gasteiger partial charge in [-0.2, -0.15) is 10.2 Å². The SMILES string of the molecule is CCc1cc(CN2CCC[C@H](c3[nH]ncc3CC)C2)[nH]n1. The molecule has 0 radical (unpaired) electrons. The second kappa shape index (κ2) is 6.43. The van der Waals surface area contributed by atoms with Crippen molar-refractivity contribution in [3.8, 4) is 0 Å². The maximum atomic E-state index is 4.33. The van der Waals surface area contributed by atoms with Gasteiger partial charge in [0.1, 0.15) is 0 Å². The molecule has 0 amide bonds. The minimum Gasteiger partial charge on any atom is -0.297 e. The van der Waals surface area contributed by atoms with E-state index in [1.165, 1.54) is 36.3 Å². The number of aromatic nitrogens is 4. The summed E-state index contributed by atoms with van der Waals surface area (Å²) in [7, 11) is 0. The summed E-state index contributed by atoms with van der Waals surface area (Å²) in [6.07, 6.45) is 6.54. The first kappa shape index (κ1) is 14.3. The molecule has 1 aliphatic heterocycles. The van der Waals surface area contributed by atoms with Gasteiger partial charge in [0.05, 0.1) is 11.9 Å². The molecule has 1 saturated heterocycles. The van der Waals surface area contributed by atoms with E-state index in [9.17, 15) is 0 Å². The van der Waals surface area contributed by atoms with Gasteiger partial charge in [-0.15, -0.1) is 0 Å². The van der Waals surface area contributed by atoms with E-state index in [1.54, 1.807) is 0 Å². The minimum atomic E-state index is 0.588. The molecule has 0 saturated carbocycles. The Hall–Kier alpha value is -1.62. The fourth-order valence-corrected chi connectivity index (χ4v) is 3.30. The molecule has 1 fully saturated rings. The molecule has 0 unspecified atom stereocenters. The summed E-state index contributed by atoms with van der Waals surface area (Å²) in [5.41, 5.74) is 5.10. The normalized spacial score (nSPS) is 20.0. The van der Waals surface area contributed by atoms with Gasteiger partial charge in [-0.1, -0.05) is 13.8 Å². The molecule has 5 nitrogen and oxygen atoms in total. The molecule has 2 aromatic rings. The van der Waals surface area contributed by atoms with Crippen LogP contribution in [0.5, 0.6) is 0 Å². The summed E-state index contributed by atoms with van der Waals surface area (Å²) in [5, 5.41) is 15.0. The largest absolute Gasteiger partial charge is 0.297 e. The lowest BCUT2D eigenvalue weighted by Gasteiger charge is -2.32. The number of aromatic amines is 2. The molecule has 114 valence electrons. The van der Waals surface area contributed by atoms with Crippen molar-refractivity contribution in [1.82, 2.24) is 25.3 Å². The number of hydrogen-bond donors (Lipinski definition) is 2. The number of likely N-dealkylation sites (tertiary alicyclic amines) is 1. The standard InChI is InChI=1S/C16H25N5/c1-3-12-9-17-20-16(12)13-6-5-7-21(10-13)11-15-8-14(4-2)18-19-15/h8-9,13H,3-7,10-11H2,1-2H3,(H,17,20)(H,18,19)/t13-/m0/s1. The van der Waals surface area contributed by atoms with Crippen LogP contribution in [0.1, 0.15) is 55.3 Å². The van der Waals surface area contributed by atoms with Crippen molar-refractivity contribution in [3.05, 3.63) is 34.9 Å². The van der Waals surface area contributed by atoms with Gasteiger partial charge >= 0.3 is 0 Å². The number of aryl methyl sites for hydroxylation is 2. The van der Waals surface area contributed by atoms with E-state index in [1.807, 2.05) is 6.20 Å². The van der Waals surface area contributed by atoms with Crippen LogP contribution in [0.25, 0.3) is 0 Å². The molecule has 0 bridgehead atoms. The smallest absolute Gasteiger partial charge is 0.0622 e. The van der Waals surface area contributed by atoms with E-state index in [-0.39, 0.29) is 0 Å². The van der Waals surface area contributed by atoms with Gasteiger partial charge in [-0.3, -0.25) is 15.1 Å². The van der Waals surface area contributed by atoms with Crippen molar-refractivity contribution in [2.75, 3.05) is 13.1 Å². The van der Waals surface area contributed by atoms with E-state index in [0.717, 1.165) is 31.6 Å². The highest BCUT2D eigenvalue weighted by Gasteiger charge is 2.24. The summed E-state index contributed by atoms with van der Waals surface area (Å²) < 4.78 is 0. The Morgan fingerprint density at radius 3 is 2.95 bits per heavy atom. The summed E-state index contributed by atoms with van der Waals surface area (Å²) in [6.45, 7) is 7.59. The second-order valence-corrected chi connectivity index (χ2v) is 5.97. The van der Waals surface area contributed by atoms with Crippen LogP contribution >= 0.6 is 0 Å². The molecule has 2 aromatic heterocycles. The first-order valence-corrected chi connectivity index (χ1v) is 8.07. The van der Waals surface area contributed by atoms with E-state index in [2.05, 4.69) is 45.2 Å². The van der Waals surface area contributed by atoms with Crippen molar-refractivity contribution in [2.45, 2.75) is 52.0 Å². The molecule has 0 aromatic carbocycles. The van der Waals surface area contributed by atoms with Crippen LogP contribution in [0.15, 0.2) is 12.3 Å². The monoisotopic (exact) mass is 287 g/mol. The minimum absolute atomic E-state index is 0.588. The maximum Gasteiger partial charge on any atom is 0.0622 e. The van der Waals surface area contributed by atoms with Crippen molar-refractivity contribution >= 4 is 0 Å². The van der Waals surface area contributed by atoms with Crippen molar-refractivity contribution in [2.24, 2.45) is 0 Å². The molecule has 1 atom stereocenters. The maximum absolute atomic E-state index is 4.33. The van der Waals surface area contributed by atoms with Crippen molar-refractivity contribution in [1.29, 1.82) is 0 Å². The second-order valence-electron chi connectivity index (χ2n) is 5.97. The highest BCUT2D eigenvalue weighted by atomic mass is 15.2. The first-order chi connectivity index (χ1) is 10.3. The Morgan fingerprint density at radius 1 is 1.29 bits per heavy atom. The molecule has 3 rings (SSSR count). The third-order valence-electron chi connectivity index (χ3n) is 4.49. The number of nitrogens with one attached hydrogen (secondary N) is 2. The molecule has 5 heteroatoms. The summed E-state index contributed by atoms with van der Waals surface area (Å²) in [6, 6.07) is 2.19. The molecule has 0 spiro atoms. The number of nitrogens with zero attached hydrogens (tertiary/aromatic N) is 3. The van der Waals surface area contributed by atoms with Crippen LogP contribution in [-0.4, -0.2) is 38.4 Å². The zero-order valence-corrected chi connectivity index (χ0v) is 13.0. The Bertz CT molecular complexity index is 571. The Kier molecular flexibility index (Phi) is 4.39. The Labute approximate surface area is 126 Å². The number of rotatable bonds is 5. The number of hydrogen-bond acceptors (Lipinski definition) is 3. The predicted molar refractivity (Wildman–Crippen MR) is 83.2 cm³/mol. The van der Waals surface area contributed by atoms with Gasteiger partial charge in [0, 0.05) is 30.4 Å². The van der Waals surface area contributed by atoms with Gasteiger partial charge in [-0.05, 0) is 43.9 Å². The van der Waals surface area contributed by atoms with Gasteiger partial charge in [0.15, 0.2) is 0 Å². The molecule has 3 heterocycles. The lowest BCUT2D eigenvalue weighted by molar-refractivity contribution is 0.196. The lowest BCUT2D eigenvalue weighted by Crippen LogP contribution is -2.34. The third-order valence-corrected chi connectivity index (χ3v) is 4.49. The van der Waals surface area contributed by atoms with Crippen LogP contribution in [0.4, 0.5) is 0 Å². The molecule has 21 heavy (non-hydrogen) atoms. The summed E-state index contributed by atoms with van der Waals surface area (Å²) >= 11 is 0. The topological polar surface area (TPSA) is 60.6 Å². The molecular formula is C16H25N5. The van der Waals surface area contributed by atoms with Crippen LogP contribution in [0.3, 0.4) is 0 Å². The Morgan fingerprint density at radius 2 is 2.19 bits per heavy atom. The highest BCUT2D eigenvalue weighted by Crippen LogP contribution is 2.28. The number of H-pyrrole nitrogens is 2. The quantitative estimate of drug-likeness (QED) is 0.888. The Balaban J connectivity index is 1.65. The average molecular weight is 287 g/mol. The van der Waals surface area contributed by atoms with Crippen molar-refractivity contribution in [3.63, 3.8) is 0 Å². The third kappa shape index (κ3) is 3.18. The van der Waals surface area contributed by atoms with Crippen LogP contribution in [0.2, 0.25) is 0 Å². The van der Waals surface area contributed by atoms with Crippen LogP contribution in [-0.2, 0) is 19.4 Å². The zero-order chi connectivity index (χ0) is 14.7. The van der Waals surface area contributed by atoms with Crippen molar-refractivity contribution < 1.29 is 0 Å². The number of piperidine rings is 1. The lowest BCUT2D eigenvalue weighted by atomic mass is 9.92. The van der Waals surface area contributed by atoms with E-state index < -0.39 is 0 Å². The first-order valence-electron chi connectivity index (χ1n) is 8.07. The van der Waals surface area contributed by atoms with E-state index in [4.69, 9.17) is 0 Å². The molecule has 0 aliphatic carbocycles. The van der Waals surface area contributed by atoms with Gasteiger partial charge < -0.3 is 0 Å². The fourth-order valence-electron chi connectivity index (χ4n) is 3.30. The highest BCUT2D eigenvalue weighted by molar-refractivity contribution is 5.21. The average Bonchev–Trinajstić information content (AvgIpc) is 3.15. The van der Waals surface area contributed by atoms with Gasteiger partial charge in [0.2, 0.25) is 0 Å². The van der Waals surface area contributed by atoms with E-state index in [0.29, 0.717) is 5.92 Å². The fraction of sp³-hybridized carbons (Fsp3) is 0.625. The van der Waals surface area contributed by atoms with Crippen LogP contribution < -0.4 is 0 Å².